The summed E-state index contributed by atoms with van der Waals surface area (Å²) in [5.41, 5.74) is 9.73. The highest BCUT2D eigenvalue weighted by atomic mass is 16.2. The Balaban J connectivity index is 0.928. The highest BCUT2D eigenvalue weighted by Crippen LogP contribution is 2.32. The zero-order chi connectivity index (χ0) is 24.2. The quantitative estimate of drug-likeness (QED) is 0.543. The van der Waals surface area contributed by atoms with Gasteiger partial charge < -0.3 is 9.80 Å². The molecular formula is C30H30N4O2. The maximum atomic E-state index is 12.7. The van der Waals surface area contributed by atoms with Crippen molar-refractivity contribution in [1.29, 1.82) is 0 Å². The van der Waals surface area contributed by atoms with E-state index in [0.29, 0.717) is 0 Å². The molecule has 0 radical (unpaired) electrons. The van der Waals surface area contributed by atoms with Crippen LogP contribution in [0.25, 0.3) is 0 Å². The summed E-state index contributed by atoms with van der Waals surface area (Å²) in [4.78, 5) is 34.2. The van der Waals surface area contributed by atoms with Crippen LogP contribution in [0.2, 0.25) is 0 Å². The summed E-state index contributed by atoms with van der Waals surface area (Å²) in [5, 5.41) is 0. The maximum absolute atomic E-state index is 12.7. The Morgan fingerprint density at radius 3 is 1.25 bits per heavy atom. The number of hydrogen-bond acceptors (Lipinski definition) is 4. The van der Waals surface area contributed by atoms with Crippen LogP contribution in [0.3, 0.4) is 0 Å². The van der Waals surface area contributed by atoms with E-state index in [9.17, 15) is 9.59 Å². The summed E-state index contributed by atoms with van der Waals surface area (Å²) in [5.74, 6) is 0.335. The van der Waals surface area contributed by atoms with Gasteiger partial charge in [-0.25, -0.2) is 0 Å². The Labute approximate surface area is 211 Å². The third-order valence-electron chi connectivity index (χ3n) is 8.26. The van der Waals surface area contributed by atoms with E-state index in [0.717, 1.165) is 87.7 Å². The number of amides is 2. The van der Waals surface area contributed by atoms with Gasteiger partial charge in [-0.05, 0) is 45.5 Å². The SMILES string of the molecule is O=C1c2ccccc2CN1CCN1Cc2cc3c(cc2C1)CN(CCN1Cc2ccccc2C1=O)C3. The number of hydrogen-bond donors (Lipinski definition) is 0. The number of fused-ring (bicyclic) bond motifs is 4. The lowest BCUT2D eigenvalue weighted by Gasteiger charge is -2.21. The van der Waals surface area contributed by atoms with E-state index in [1.54, 1.807) is 0 Å². The summed E-state index contributed by atoms with van der Waals surface area (Å²) in [6, 6.07) is 20.7. The molecule has 4 heterocycles. The average molecular weight is 479 g/mol. The highest BCUT2D eigenvalue weighted by Gasteiger charge is 2.30. The molecule has 0 fully saturated rings. The van der Waals surface area contributed by atoms with Gasteiger partial charge in [0.2, 0.25) is 0 Å². The molecule has 2 amide bonds. The Morgan fingerprint density at radius 2 is 0.861 bits per heavy atom. The molecule has 0 N–H and O–H groups in total. The van der Waals surface area contributed by atoms with Gasteiger partial charge in [0.15, 0.2) is 0 Å². The van der Waals surface area contributed by atoms with Crippen molar-refractivity contribution in [2.45, 2.75) is 39.3 Å². The van der Waals surface area contributed by atoms with Crippen molar-refractivity contribution in [2.24, 2.45) is 0 Å². The van der Waals surface area contributed by atoms with Crippen molar-refractivity contribution in [1.82, 2.24) is 19.6 Å². The van der Waals surface area contributed by atoms with Crippen LogP contribution in [0.5, 0.6) is 0 Å². The fourth-order valence-electron chi connectivity index (χ4n) is 6.29. The smallest absolute Gasteiger partial charge is 0.254 e. The van der Waals surface area contributed by atoms with Crippen molar-refractivity contribution in [2.75, 3.05) is 26.2 Å². The van der Waals surface area contributed by atoms with Crippen LogP contribution in [0, 0.1) is 0 Å². The monoisotopic (exact) mass is 478 g/mol. The van der Waals surface area contributed by atoms with E-state index in [-0.39, 0.29) is 11.8 Å². The topological polar surface area (TPSA) is 47.1 Å². The average Bonchev–Trinajstić information content (AvgIpc) is 3.64. The molecule has 0 bridgehead atoms. The van der Waals surface area contributed by atoms with Crippen molar-refractivity contribution in [3.05, 3.63) is 105 Å². The molecule has 0 saturated carbocycles. The predicted molar refractivity (Wildman–Crippen MR) is 137 cm³/mol. The van der Waals surface area contributed by atoms with E-state index in [2.05, 4.69) is 34.1 Å². The minimum atomic E-state index is 0.167. The summed E-state index contributed by atoms with van der Waals surface area (Å²) in [6.07, 6.45) is 0. The largest absolute Gasteiger partial charge is 0.333 e. The second kappa shape index (κ2) is 8.57. The zero-order valence-electron chi connectivity index (χ0n) is 20.4. The maximum Gasteiger partial charge on any atom is 0.254 e. The van der Waals surface area contributed by atoms with Crippen molar-refractivity contribution >= 4 is 11.8 Å². The molecule has 6 nitrogen and oxygen atoms in total. The zero-order valence-corrected chi connectivity index (χ0v) is 20.4. The molecular weight excluding hydrogens is 448 g/mol. The van der Waals surface area contributed by atoms with Gasteiger partial charge in [0.25, 0.3) is 11.8 Å². The Kier molecular flexibility index (Phi) is 5.19. The molecule has 6 heteroatoms. The highest BCUT2D eigenvalue weighted by molar-refractivity contribution is 5.98. The normalized spacial score (nSPS) is 18.7. The van der Waals surface area contributed by atoms with Gasteiger partial charge in [-0.1, -0.05) is 48.5 Å². The van der Waals surface area contributed by atoms with Crippen molar-refractivity contribution in [3.63, 3.8) is 0 Å². The van der Waals surface area contributed by atoms with Gasteiger partial charge in [0.1, 0.15) is 0 Å². The standard InChI is InChI=1S/C30H30N4O2/c35-29-27-7-3-1-5-21(27)19-33(29)11-9-31-15-23-13-25-17-32(18-26(25)14-24(23)16-31)10-12-34-20-22-6-2-4-8-28(22)30(34)36/h1-8,13-14H,9-12,15-20H2. The summed E-state index contributed by atoms with van der Waals surface area (Å²) in [7, 11) is 0. The molecule has 4 aliphatic heterocycles. The van der Waals surface area contributed by atoms with Gasteiger partial charge in [-0.15, -0.1) is 0 Å². The van der Waals surface area contributed by atoms with Gasteiger partial charge >= 0.3 is 0 Å². The van der Waals surface area contributed by atoms with Gasteiger partial charge in [0.05, 0.1) is 0 Å². The van der Waals surface area contributed by atoms with Gasteiger partial charge in [-0.3, -0.25) is 19.4 Å². The summed E-state index contributed by atoms with van der Waals surface area (Å²) < 4.78 is 0. The molecule has 36 heavy (non-hydrogen) atoms. The van der Waals surface area contributed by atoms with Crippen LogP contribution in [-0.2, 0) is 39.3 Å². The van der Waals surface area contributed by atoms with Crippen LogP contribution in [-0.4, -0.2) is 57.6 Å². The van der Waals surface area contributed by atoms with E-state index in [4.69, 9.17) is 0 Å². The number of nitrogens with zero attached hydrogens (tertiary/aromatic N) is 4. The number of rotatable bonds is 6. The number of carbonyl (C=O) groups is 2. The van der Waals surface area contributed by atoms with Crippen LogP contribution in [0.4, 0.5) is 0 Å². The summed E-state index contributed by atoms with van der Waals surface area (Å²) >= 11 is 0. The lowest BCUT2D eigenvalue weighted by molar-refractivity contribution is 0.0751. The fourth-order valence-corrected chi connectivity index (χ4v) is 6.29. The van der Waals surface area contributed by atoms with Crippen LogP contribution in [0.1, 0.15) is 54.1 Å². The lowest BCUT2D eigenvalue weighted by Crippen LogP contribution is -2.33. The molecule has 182 valence electrons. The summed E-state index contributed by atoms with van der Waals surface area (Å²) in [6.45, 7) is 8.63. The molecule has 0 aromatic heterocycles. The van der Waals surface area contributed by atoms with E-state index in [1.807, 2.05) is 46.2 Å². The molecule has 0 atom stereocenters. The molecule has 0 spiro atoms. The minimum absolute atomic E-state index is 0.167. The van der Waals surface area contributed by atoms with E-state index < -0.39 is 0 Å². The first-order valence-corrected chi connectivity index (χ1v) is 12.9. The number of carbonyl (C=O) groups excluding carboxylic acids is 2. The lowest BCUT2D eigenvalue weighted by atomic mass is 10.0. The molecule has 3 aromatic carbocycles. The van der Waals surface area contributed by atoms with Gasteiger partial charge in [-0.2, -0.15) is 0 Å². The third kappa shape index (κ3) is 3.72. The third-order valence-corrected chi connectivity index (χ3v) is 8.26. The Morgan fingerprint density at radius 1 is 0.472 bits per heavy atom. The molecule has 0 saturated heterocycles. The van der Waals surface area contributed by atoms with Crippen molar-refractivity contribution in [3.8, 4) is 0 Å². The van der Waals surface area contributed by atoms with Crippen LogP contribution in [0.15, 0.2) is 60.7 Å². The minimum Gasteiger partial charge on any atom is -0.333 e. The first-order valence-electron chi connectivity index (χ1n) is 12.9. The number of benzene rings is 3. The second-order valence-corrected chi connectivity index (χ2v) is 10.6. The Hall–Kier alpha value is -3.48. The van der Waals surface area contributed by atoms with Gasteiger partial charge in [0, 0.05) is 76.6 Å². The molecule has 4 aliphatic rings. The first-order chi connectivity index (χ1) is 17.6. The first kappa shape index (κ1) is 21.8. The molecule has 3 aromatic rings. The van der Waals surface area contributed by atoms with Crippen molar-refractivity contribution < 1.29 is 9.59 Å². The molecule has 0 unspecified atom stereocenters. The van der Waals surface area contributed by atoms with E-state index >= 15 is 0 Å². The second-order valence-electron chi connectivity index (χ2n) is 10.6. The molecule has 0 aliphatic carbocycles. The molecule has 7 rings (SSSR count). The fraction of sp³-hybridized carbons (Fsp3) is 0.333. The van der Waals surface area contributed by atoms with Crippen LogP contribution >= 0.6 is 0 Å². The van der Waals surface area contributed by atoms with Crippen LogP contribution < -0.4 is 0 Å². The Bertz CT molecular complexity index is 1250. The predicted octanol–water partition coefficient (Wildman–Crippen LogP) is 3.63. The van der Waals surface area contributed by atoms with E-state index in [1.165, 1.54) is 22.3 Å².